The molecular weight excluding hydrogens is 297 g/mol. The normalized spacial score (nSPS) is 11.3. The van der Waals surface area contributed by atoms with Crippen molar-refractivity contribution >= 4 is 23.3 Å². The fraction of sp³-hybridized carbons (Fsp3) is 0.545. The van der Waals surface area contributed by atoms with Gasteiger partial charge in [0, 0.05) is 19.7 Å². The van der Waals surface area contributed by atoms with Crippen LogP contribution in [0.4, 0.5) is 19.0 Å². The summed E-state index contributed by atoms with van der Waals surface area (Å²) >= 11 is 5.52. The van der Waals surface area contributed by atoms with Crippen LogP contribution >= 0.6 is 11.6 Å². The highest BCUT2D eigenvalue weighted by atomic mass is 35.5. The Kier molecular flexibility index (Phi) is 5.55. The number of hydrogen-bond acceptors (Lipinski definition) is 4. The van der Waals surface area contributed by atoms with Crippen LogP contribution in [0.1, 0.15) is 19.0 Å². The van der Waals surface area contributed by atoms with Crippen LogP contribution in [0.5, 0.6) is 0 Å². The zero-order valence-corrected chi connectivity index (χ0v) is 11.7. The number of aromatic nitrogens is 2. The van der Waals surface area contributed by atoms with Gasteiger partial charge in [-0.3, -0.25) is 4.79 Å². The van der Waals surface area contributed by atoms with E-state index in [1.165, 1.54) is 11.9 Å². The first-order valence-corrected chi connectivity index (χ1v) is 6.23. The smallest absolute Gasteiger partial charge is 0.358 e. The summed E-state index contributed by atoms with van der Waals surface area (Å²) in [6, 6.07) is 0.782. The van der Waals surface area contributed by atoms with Crippen molar-refractivity contribution in [2.45, 2.75) is 19.5 Å². The number of amides is 1. The van der Waals surface area contributed by atoms with Gasteiger partial charge < -0.3 is 10.2 Å². The Balaban J connectivity index is 3.12. The van der Waals surface area contributed by atoms with Gasteiger partial charge in [-0.05, 0) is 18.0 Å². The summed E-state index contributed by atoms with van der Waals surface area (Å²) in [6.45, 7) is 2.11. The Hall–Kier alpha value is -1.57. The van der Waals surface area contributed by atoms with Gasteiger partial charge in [0.2, 0.25) is 11.2 Å². The Bertz CT molecular complexity index is 481. The average molecular weight is 311 g/mol. The molecule has 0 unspecified atom stereocenters. The molecule has 0 saturated carbocycles. The molecule has 9 heteroatoms. The Morgan fingerprint density at radius 3 is 2.60 bits per heavy atom. The maximum Gasteiger partial charge on any atom is 0.433 e. The van der Waals surface area contributed by atoms with Crippen molar-refractivity contribution in [2.24, 2.45) is 0 Å². The van der Waals surface area contributed by atoms with Crippen LogP contribution in [0, 0.1) is 0 Å². The first-order valence-electron chi connectivity index (χ1n) is 5.85. The van der Waals surface area contributed by atoms with Crippen LogP contribution in [-0.4, -0.2) is 36.0 Å². The number of nitrogens with one attached hydrogen (secondary N) is 1. The van der Waals surface area contributed by atoms with Crippen LogP contribution in [0.15, 0.2) is 6.07 Å². The second-order valence-corrected chi connectivity index (χ2v) is 4.31. The SMILES string of the molecule is CCCN(CC(=O)NC)c1cc(C(F)(F)F)nc(Cl)n1. The van der Waals surface area contributed by atoms with Crippen molar-refractivity contribution in [3.8, 4) is 0 Å². The van der Waals surface area contributed by atoms with Crippen LogP contribution in [-0.2, 0) is 11.0 Å². The quantitative estimate of drug-likeness (QED) is 0.846. The number of anilines is 1. The molecule has 0 radical (unpaired) electrons. The molecule has 20 heavy (non-hydrogen) atoms. The first kappa shape index (κ1) is 16.5. The van der Waals surface area contributed by atoms with Crippen molar-refractivity contribution in [1.29, 1.82) is 0 Å². The van der Waals surface area contributed by atoms with E-state index < -0.39 is 17.2 Å². The van der Waals surface area contributed by atoms with E-state index in [1.54, 1.807) is 0 Å². The first-order chi connectivity index (χ1) is 9.27. The zero-order chi connectivity index (χ0) is 15.3. The van der Waals surface area contributed by atoms with Gasteiger partial charge >= 0.3 is 6.18 Å². The largest absolute Gasteiger partial charge is 0.433 e. The van der Waals surface area contributed by atoms with E-state index in [1.807, 2.05) is 6.92 Å². The fourth-order valence-electron chi connectivity index (χ4n) is 1.51. The van der Waals surface area contributed by atoms with Crippen molar-refractivity contribution in [1.82, 2.24) is 15.3 Å². The molecule has 0 spiro atoms. The average Bonchev–Trinajstić information content (AvgIpc) is 2.36. The van der Waals surface area contributed by atoms with Gasteiger partial charge in [-0.1, -0.05) is 6.92 Å². The molecular formula is C11H14ClF3N4O. The minimum absolute atomic E-state index is 0.0252. The molecule has 5 nitrogen and oxygen atoms in total. The zero-order valence-electron chi connectivity index (χ0n) is 11.0. The Labute approximate surface area is 119 Å². The number of hydrogen-bond donors (Lipinski definition) is 1. The van der Waals surface area contributed by atoms with Crippen molar-refractivity contribution < 1.29 is 18.0 Å². The molecule has 1 N–H and O–H groups in total. The maximum absolute atomic E-state index is 12.7. The highest BCUT2D eigenvalue weighted by Crippen LogP contribution is 2.30. The molecule has 0 aliphatic carbocycles. The minimum atomic E-state index is -4.62. The number of carbonyl (C=O) groups excluding carboxylic acids is 1. The highest BCUT2D eigenvalue weighted by molar-refractivity contribution is 6.28. The molecule has 0 atom stereocenters. The van der Waals surface area contributed by atoms with Gasteiger partial charge in [0.25, 0.3) is 0 Å². The molecule has 0 bridgehead atoms. The molecule has 1 aromatic heterocycles. The summed E-state index contributed by atoms with van der Waals surface area (Å²) < 4.78 is 38.0. The summed E-state index contributed by atoms with van der Waals surface area (Å²) in [5.41, 5.74) is -1.13. The lowest BCUT2D eigenvalue weighted by molar-refractivity contribution is -0.141. The number of likely N-dealkylation sites (N-methyl/N-ethyl adjacent to an activating group) is 1. The van der Waals surface area contributed by atoms with E-state index in [0.717, 1.165) is 6.07 Å². The number of rotatable bonds is 5. The van der Waals surface area contributed by atoms with Gasteiger partial charge in [-0.2, -0.15) is 13.2 Å². The third-order valence-electron chi connectivity index (χ3n) is 2.41. The molecule has 0 aliphatic heterocycles. The molecule has 1 amide bonds. The lowest BCUT2D eigenvalue weighted by atomic mass is 10.3. The number of halogens is 4. The standard InChI is InChI=1S/C11H14ClF3N4O/c1-3-4-19(6-9(20)16-2)8-5-7(11(13,14)15)17-10(12)18-8/h5H,3-4,6H2,1-2H3,(H,16,20). The van der Waals surface area contributed by atoms with Crippen molar-refractivity contribution in [2.75, 3.05) is 25.0 Å². The molecule has 0 aliphatic rings. The van der Waals surface area contributed by atoms with E-state index in [2.05, 4.69) is 15.3 Å². The van der Waals surface area contributed by atoms with E-state index in [4.69, 9.17) is 11.6 Å². The number of carbonyl (C=O) groups is 1. The summed E-state index contributed by atoms with van der Waals surface area (Å²) in [7, 11) is 1.44. The van der Waals surface area contributed by atoms with Gasteiger partial charge in [0.15, 0.2) is 5.69 Å². The lowest BCUT2D eigenvalue weighted by Crippen LogP contribution is -2.36. The number of alkyl halides is 3. The van der Waals surface area contributed by atoms with Crippen LogP contribution in [0.25, 0.3) is 0 Å². The van der Waals surface area contributed by atoms with Crippen LogP contribution in [0.2, 0.25) is 5.28 Å². The monoisotopic (exact) mass is 310 g/mol. The van der Waals surface area contributed by atoms with E-state index in [0.29, 0.717) is 13.0 Å². The highest BCUT2D eigenvalue weighted by Gasteiger charge is 2.34. The third-order valence-corrected chi connectivity index (χ3v) is 2.58. The second-order valence-electron chi connectivity index (χ2n) is 3.97. The molecule has 0 fully saturated rings. The van der Waals surface area contributed by atoms with E-state index >= 15 is 0 Å². The predicted molar refractivity (Wildman–Crippen MR) is 68.6 cm³/mol. The van der Waals surface area contributed by atoms with Crippen LogP contribution < -0.4 is 10.2 Å². The minimum Gasteiger partial charge on any atom is -0.358 e. The van der Waals surface area contributed by atoms with Gasteiger partial charge in [0.1, 0.15) is 5.82 Å². The Morgan fingerprint density at radius 1 is 1.45 bits per heavy atom. The Morgan fingerprint density at radius 2 is 2.10 bits per heavy atom. The fourth-order valence-corrected chi connectivity index (χ4v) is 1.69. The van der Waals surface area contributed by atoms with Crippen LogP contribution in [0.3, 0.4) is 0 Å². The molecule has 1 aromatic rings. The summed E-state index contributed by atoms with van der Waals surface area (Å²) in [6.07, 6.45) is -3.98. The number of nitrogens with zero attached hydrogens (tertiary/aromatic N) is 3. The van der Waals surface area contributed by atoms with E-state index in [9.17, 15) is 18.0 Å². The van der Waals surface area contributed by atoms with Crippen molar-refractivity contribution in [3.63, 3.8) is 0 Å². The second kappa shape index (κ2) is 6.74. The molecule has 112 valence electrons. The summed E-state index contributed by atoms with van der Waals surface area (Å²) in [5.74, 6) is -0.357. The van der Waals surface area contributed by atoms with E-state index in [-0.39, 0.29) is 18.3 Å². The van der Waals surface area contributed by atoms with Gasteiger partial charge in [-0.25, -0.2) is 9.97 Å². The lowest BCUT2D eigenvalue weighted by Gasteiger charge is -2.22. The molecule has 1 heterocycles. The molecule has 0 aromatic carbocycles. The topological polar surface area (TPSA) is 58.1 Å². The third kappa shape index (κ3) is 4.52. The maximum atomic E-state index is 12.7. The van der Waals surface area contributed by atoms with Gasteiger partial charge in [0.05, 0.1) is 6.54 Å². The molecule has 0 saturated heterocycles. The van der Waals surface area contributed by atoms with Gasteiger partial charge in [-0.15, -0.1) is 0 Å². The summed E-state index contributed by atoms with van der Waals surface area (Å²) in [4.78, 5) is 19.7. The van der Waals surface area contributed by atoms with Crippen molar-refractivity contribution in [3.05, 3.63) is 17.0 Å². The molecule has 1 rings (SSSR count). The summed E-state index contributed by atoms with van der Waals surface area (Å²) in [5, 5.41) is 1.90. The predicted octanol–water partition coefficient (Wildman–Crippen LogP) is 2.11.